The second-order valence-electron chi connectivity index (χ2n) is 4.73. The number of pyridine rings is 1. The molecule has 0 bridgehead atoms. The number of aromatic nitrogens is 3. The van der Waals surface area contributed by atoms with E-state index in [2.05, 4.69) is 22.4 Å². The van der Waals surface area contributed by atoms with Gasteiger partial charge < -0.3 is 5.32 Å². The van der Waals surface area contributed by atoms with Gasteiger partial charge in [-0.25, -0.2) is 0 Å². The smallest absolute Gasteiger partial charge is 0.230 e. The minimum absolute atomic E-state index is 0.0224. The molecule has 0 unspecified atom stereocenters. The number of rotatable bonds is 6. The lowest BCUT2D eigenvalue weighted by Crippen LogP contribution is -2.33. The van der Waals surface area contributed by atoms with Gasteiger partial charge in [0.1, 0.15) is 0 Å². The molecule has 114 valence electrons. The third kappa shape index (κ3) is 4.25. The molecule has 0 aliphatic heterocycles. The van der Waals surface area contributed by atoms with Gasteiger partial charge in [-0.05, 0) is 19.4 Å². The van der Waals surface area contributed by atoms with E-state index in [0.29, 0.717) is 20.8 Å². The van der Waals surface area contributed by atoms with Crippen LogP contribution in [0.25, 0.3) is 5.65 Å². The van der Waals surface area contributed by atoms with E-state index in [-0.39, 0.29) is 17.7 Å². The fourth-order valence-corrected chi connectivity index (χ4v) is 3.18. The normalized spacial score (nSPS) is 12.6. The van der Waals surface area contributed by atoms with E-state index in [1.54, 1.807) is 16.7 Å². The molecule has 5 nitrogen and oxygen atoms in total. The SMILES string of the molecule is CCC[C@@H](C)NC(=O)CSc1nnc2c(Cl)cc(Cl)cn12. The van der Waals surface area contributed by atoms with Crippen molar-refractivity contribution < 1.29 is 4.79 Å². The highest BCUT2D eigenvalue weighted by Crippen LogP contribution is 2.25. The van der Waals surface area contributed by atoms with Crippen molar-refractivity contribution in [2.75, 3.05) is 5.75 Å². The van der Waals surface area contributed by atoms with Crippen molar-refractivity contribution in [3.05, 3.63) is 22.3 Å². The summed E-state index contributed by atoms with van der Waals surface area (Å²) in [5, 5.41) is 12.5. The Bertz CT molecular complexity index is 646. The van der Waals surface area contributed by atoms with E-state index < -0.39 is 0 Å². The van der Waals surface area contributed by atoms with Crippen LogP contribution in [0.1, 0.15) is 26.7 Å². The van der Waals surface area contributed by atoms with E-state index in [1.165, 1.54) is 11.8 Å². The summed E-state index contributed by atoms with van der Waals surface area (Å²) < 4.78 is 1.69. The largest absolute Gasteiger partial charge is 0.353 e. The standard InChI is InChI=1S/C13H16Cl2N4OS/c1-3-4-8(2)16-11(20)7-21-13-18-17-12-10(15)5-9(14)6-19(12)13/h5-6,8H,3-4,7H2,1-2H3,(H,16,20)/t8-/m1/s1. The highest BCUT2D eigenvalue weighted by Gasteiger charge is 2.13. The van der Waals surface area contributed by atoms with Gasteiger partial charge in [-0.1, -0.05) is 48.3 Å². The van der Waals surface area contributed by atoms with Crippen LogP contribution in [0.5, 0.6) is 0 Å². The molecule has 2 aromatic heterocycles. The van der Waals surface area contributed by atoms with Gasteiger partial charge in [-0.15, -0.1) is 10.2 Å². The summed E-state index contributed by atoms with van der Waals surface area (Å²) in [5.74, 6) is 0.254. The summed E-state index contributed by atoms with van der Waals surface area (Å²) in [6.07, 6.45) is 3.69. The Kier molecular flexibility index (Phi) is 5.72. The molecule has 21 heavy (non-hydrogen) atoms. The quantitative estimate of drug-likeness (QED) is 0.814. The molecular formula is C13H16Cl2N4OS. The Morgan fingerprint density at radius 3 is 2.95 bits per heavy atom. The fraction of sp³-hybridized carbons (Fsp3) is 0.462. The maximum absolute atomic E-state index is 11.9. The molecule has 1 amide bonds. The first-order chi connectivity index (χ1) is 10.0. The second kappa shape index (κ2) is 7.33. The molecule has 0 radical (unpaired) electrons. The molecule has 2 aromatic rings. The van der Waals surface area contributed by atoms with Crippen molar-refractivity contribution >= 4 is 46.5 Å². The third-order valence-electron chi connectivity index (χ3n) is 2.86. The molecule has 0 saturated heterocycles. The van der Waals surface area contributed by atoms with Crippen LogP contribution in [0, 0.1) is 0 Å². The van der Waals surface area contributed by atoms with Crippen LogP contribution < -0.4 is 5.32 Å². The number of hydrogen-bond acceptors (Lipinski definition) is 4. The lowest BCUT2D eigenvalue weighted by atomic mass is 10.2. The van der Waals surface area contributed by atoms with Gasteiger partial charge in [0.25, 0.3) is 0 Å². The lowest BCUT2D eigenvalue weighted by Gasteiger charge is -2.11. The highest BCUT2D eigenvalue weighted by molar-refractivity contribution is 7.99. The van der Waals surface area contributed by atoms with Crippen molar-refractivity contribution in [2.45, 2.75) is 37.9 Å². The van der Waals surface area contributed by atoms with Crippen LogP contribution in [0.2, 0.25) is 10.0 Å². The molecule has 0 saturated carbocycles. The molecule has 0 fully saturated rings. The van der Waals surface area contributed by atoms with Crippen LogP contribution in [-0.4, -0.2) is 32.3 Å². The molecule has 0 aliphatic carbocycles. The zero-order valence-corrected chi connectivity index (χ0v) is 14.1. The van der Waals surface area contributed by atoms with Crippen LogP contribution in [0.15, 0.2) is 17.4 Å². The number of carbonyl (C=O) groups excluding carboxylic acids is 1. The molecule has 0 spiro atoms. The first kappa shape index (κ1) is 16.4. The number of nitrogens with one attached hydrogen (secondary N) is 1. The number of carbonyl (C=O) groups is 1. The number of halogens is 2. The predicted octanol–water partition coefficient (Wildman–Crippen LogP) is 3.43. The zero-order valence-electron chi connectivity index (χ0n) is 11.8. The number of nitrogens with zero attached hydrogens (tertiary/aromatic N) is 3. The summed E-state index contributed by atoms with van der Waals surface area (Å²) >= 11 is 13.3. The lowest BCUT2D eigenvalue weighted by molar-refractivity contribution is -0.119. The van der Waals surface area contributed by atoms with Crippen molar-refractivity contribution in [3.8, 4) is 0 Å². The average molecular weight is 347 g/mol. The van der Waals surface area contributed by atoms with E-state index in [0.717, 1.165) is 12.8 Å². The van der Waals surface area contributed by atoms with Crippen molar-refractivity contribution in [1.29, 1.82) is 0 Å². The first-order valence-electron chi connectivity index (χ1n) is 6.63. The highest BCUT2D eigenvalue weighted by atomic mass is 35.5. The average Bonchev–Trinajstić information content (AvgIpc) is 2.79. The summed E-state index contributed by atoms with van der Waals surface area (Å²) in [6, 6.07) is 1.79. The monoisotopic (exact) mass is 346 g/mol. The van der Waals surface area contributed by atoms with Crippen molar-refractivity contribution in [1.82, 2.24) is 19.9 Å². The van der Waals surface area contributed by atoms with Crippen LogP contribution in [-0.2, 0) is 4.79 Å². The van der Waals surface area contributed by atoms with Gasteiger partial charge >= 0.3 is 0 Å². The molecule has 0 aliphatic rings. The maximum Gasteiger partial charge on any atom is 0.230 e. The van der Waals surface area contributed by atoms with Gasteiger partial charge in [0.05, 0.1) is 15.8 Å². The zero-order chi connectivity index (χ0) is 15.4. The minimum Gasteiger partial charge on any atom is -0.353 e. The molecule has 2 heterocycles. The third-order valence-corrected chi connectivity index (χ3v) is 4.28. The molecule has 2 rings (SSSR count). The Hall–Kier alpha value is -0.980. The van der Waals surface area contributed by atoms with Gasteiger partial charge in [0.2, 0.25) is 5.91 Å². The van der Waals surface area contributed by atoms with Crippen molar-refractivity contribution in [2.24, 2.45) is 0 Å². The molecule has 0 aromatic carbocycles. The number of thioether (sulfide) groups is 1. The van der Waals surface area contributed by atoms with E-state index in [4.69, 9.17) is 23.2 Å². The van der Waals surface area contributed by atoms with Gasteiger partial charge in [0.15, 0.2) is 10.8 Å². The van der Waals surface area contributed by atoms with E-state index >= 15 is 0 Å². The number of amides is 1. The van der Waals surface area contributed by atoms with E-state index in [1.807, 2.05) is 6.92 Å². The number of hydrogen-bond donors (Lipinski definition) is 1. The predicted molar refractivity (Wildman–Crippen MR) is 86.2 cm³/mol. The van der Waals surface area contributed by atoms with Gasteiger partial charge in [-0.3, -0.25) is 9.20 Å². The van der Waals surface area contributed by atoms with Crippen LogP contribution >= 0.6 is 35.0 Å². The van der Waals surface area contributed by atoms with Gasteiger partial charge in [-0.2, -0.15) is 0 Å². The van der Waals surface area contributed by atoms with Crippen molar-refractivity contribution in [3.63, 3.8) is 0 Å². The maximum atomic E-state index is 11.9. The summed E-state index contributed by atoms with van der Waals surface area (Å²) in [5.41, 5.74) is 0.531. The first-order valence-corrected chi connectivity index (χ1v) is 8.37. The molecule has 1 atom stereocenters. The summed E-state index contributed by atoms with van der Waals surface area (Å²) in [6.45, 7) is 4.09. The summed E-state index contributed by atoms with van der Waals surface area (Å²) in [4.78, 5) is 11.9. The Morgan fingerprint density at radius 2 is 2.24 bits per heavy atom. The molecule has 8 heteroatoms. The minimum atomic E-state index is -0.0224. The molecule has 1 N–H and O–H groups in total. The number of fused-ring (bicyclic) bond motifs is 1. The topological polar surface area (TPSA) is 59.3 Å². The Balaban J connectivity index is 2.02. The fourth-order valence-electron chi connectivity index (χ4n) is 1.95. The Labute approximate surface area is 137 Å². The Morgan fingerprint density at radius 1 is 1.48 bits per heavy atom. The molecular weight excluding hydrogens is 331 g/mol. The summed E-state index contributed by atoms with van der Waals surface area (Å²) in [7, 11) is 0. The van der Waals surface area contributed by atoms with E-state index in [9.17, 15) is 4.79 Å². The van der Waals surface area contributed by atoms with Crippen LogP contribution in [0.4, 0.5) is 0 Å². The van der Waals surface area contributed by atoms with Gasteiger partial charge in [0, 0.05) is 12.2 Å². The van der Waals surface area contributed by atoms with Crippen LogP contribution in [0.3, 0.4) is 0 Å². The second-order valence-corrected chi connectivity index (χ2v) is 6.51.